The highest BCUT2D eigenvalue weighted by atomic mass is 16.5. The molecule has 1 aliphatic heterocycles. The first-order chi connectivity index (χ1) is 19.0. The van der Waals surface area contributed by atoms with Crippen LogP contribution in [-0.4, -0.2) is 53.2 Å². The molecule has 39 heavy (non-hydrogen) atoms. The molecular weight excluding hydrogens is 488 g/mol. The van der Waals surface area contributed by atoms with E-state index < -0.39 is 0 Å². The van der Waals surface area contributed by atoms with Crippen LogP contribution in [0, 0.1) is 0 Å². The van der Waals surface area contributed by atoms with Crippen molar-refractivity contribution in [1.82, 2.24) is 14.5 Å². The average molecular weight is 527 g/mol. The summed E-state index contributed by atoms with van der Waals surface area (Å²) < 4.78 is 7.73. The highest BCUT2D eigenvalue weighted by molar-refractivity contribution is 5.82. The molecule has 0 bridgehead atoms. The van der Waals surface area contributed by atoms with E-state index in [0.717, 1.165) is 62.2 Å². The molecule has 1 amide bonds. The van der Waals surface area contributed by atoms with Gasteiger partial charge in [0.25, 0.3) is 0 Å². The first-order valence-corrected chi connectivity index (χ1v) is 13.9. The number of nitrogens with one attached hydrogen (secondary N) is 1. The summed E-state index contributed by atoms with van der Waals surface area (Å²) in [5, 5.41) is 1.25. The number of nitrogens with zero attached hydrogens (tertiary/aromatic N) is 2. The number of benzene rings is 2. The second-order valence-electron chi connectivity index (χ2n) is 10.6. The standard InChI is InChI=1S/C32H38N4O3/c1-39-17-5-16-36-29-8-3-2-6-26(29)19-30(36)27-7-4-15-35(22-27)32(38)21-28(33)18-23-9-11-24(12-10-23)25-13-14-34-31(37)20-25/h2-3,6,8-14,19-20,27-28H,4-5,7,15-18,21-22,33H2,1H3,(H,34,37). The van der Waals surface area contributed by atoms with Crippen LogP contribution in [0.25, 0.3) is 22.0 Å². The minimum absolute atomic E-state index is 0.121. The molecule has 4 aromatic rings. The zero-order chi connectivity index (χ0) is 27.2. The summed E-state index contributed by atoms with van der Waals surface area (Å²) in [6.45, 7) is 3.16. The quantitative estimate of drug-likeness (QED) is 0.293. The Bertz CT molecular complexity index is 1460. The van der Waals surface area contributed by atoms with Gasteiger partial charge in [0.05, 0.1) is 0 Å². The van der Waals surface area contributed by atoms with Crippen molar-refractivity contribution < 1.29 is 9.53 Å². The smallest absolute Gasteiger partial charge is 0.248 e. The molecule has 3 heterocycles. The fourth-order valence-corrected chi connectivity index (χ4v) is 5.82. The molecule has 2 unspecified atom stereocenters. The minimum atomic E-state index is -0.246. The van der Waals surface area contributed by atoms with Gasteiger partial charge < -0.3 is 24.9 Å². The SMILES string of the molecule is COCCCn1c(C2CCCN(C(=O)CC(N)Cc3ccc(-c4cc[nH]c(=O)c4)cc3)C2)cc2ccccc21. The fourth-order valence-electron chi connectivity index (χ4n) is 5.82. The minimum Gasteiger partial charge on any atom is -0.385 e. The number of pyridine rings is 1. The van der Waals surface area contributed by atoms with Gasteiger partial charge in [-0.3, -0.25) is 9.59 Å². The van der Waals surface area contributed by atoms with Crippen LogP contribution in [0.3, 0.4) is 0 Å². The molecule has 2 atom stereocenters. The number of H-pyrrole nitrogens is 1. The van der Waals surface area contributed by atoms with Crippen molar-refractivity contribution >= 4 is 16.8 Å². The van der Waals surface area contributed by atoms with Gasteiger partial charge in [-0.15, -0.1) is 0 Å². The van der Waals surface area contributed by atoms with Crippen LogP contribution in [0.4, 0.5) is 0 Å². The molecule has 1 saturated heterocycles. The number of carbonyl (C=O) groups is 1. The van der Waals surface area contributed by atoms with Crippen LogP contribution in [0.5, 0.6) is 0 Å². The van der Waals surface area contributed by atoms with Crippen molar-refractivity contribution in [3.8, 4) is 11.1 Å². The van der Waals surface area contributed by atoms with E-state index in [4.69, 9.17) is 10.5 Å². The summed E-state index contributed by atoms with van der Waals surface area (Å²) in [6, 6.07) is 22.1. The Kier molecular flexibility index (Phi) is 8.59. The van der Waals surface area contributed by atoms with Gasteiger partial charge in [0.2, 0.25) is 11.5 Å². The van der Waals surface area contributed by atoms with Gasteiger partial charge >= 0.3 is 0 Å². The number of rotatable bonds is 10. The Morgan fingerprint density at radius 1 is 1.10 bits per heavy atom. The van der Waals surface area contributed by atoms with Crippen LogP contribution in [0.2, 0.25) is 0 Å². The number of aryl methyl sites for hydroxylation is 1. The first-order valence-electron chi connectivity index (χ1n) is 13.9. The Balaban J connectivity index is 1.21. The lowest BCUT2D eigenvalue weighted by molar-refractivity contribution is -0.132. The van der Waals surface area contributed by atoms with Crippen LogP contribution in [0.15, 0.2) is 77.7 Å². The molecule has 1 aliphatic rings. The Morgan fingerprint density at radius 3 is 2.72 bits per heavy atom. The highest BCUT2D eigenvalue weighted by Crippen LogP contribution is 2.32. The number of methoxy groups -OCH3 is 1. The number of hydrogen-bond acceptors (Lipinski definition) is 4. The number of nitrogens with two attached hydrogens (primary N) is 1. The molecule has 0 aliphatic carbocycles. The molecule has 1 fully saturated rings. The van der Waals surface area contributed by atoms with Crippen LogP contribution < -0.4 is 11.3 Å². The van der Waals surface area contributed by atoms with E-state index in [1.165, 1.54) is 16.6 Å². The average Bonchev–Trinajstić information content (AvgIpc) is 3.32. The maximum Gasteiger partial charge on any atom is 0.248 e. The van der Waals surface area contributed by atoms with E-state index in [9.17, 15) is 9.59 Å². The monoisotopic (exact) mass is 526 g/mol. The number of aromatic nitrogens is 2. The summed E-state index contributed by atoms with van der Waals surface area (Å²) >= 11 is 0. The maximum absolute atomic E-state index is 13.3. The Labute approximate surface area is 229 Å². The molecule has 0 saturated carbocycles. The predicted octanol–water partition coefficient (Wildman–Crippen LogP) is 4.70. The third-order valence-corrected chi connectivity index (χ3v) is 7.76. The van der Waals surface area contributed by atoms with Gasteiger partial charge in [0.1, 0.15) is 0 Å². The molecule has 0 spiro atoms. The predicted molar refractivity (Wildman–Crippen MR) is 156 cm³/mol. The molecule has 7 nitrogen and oxygen atoms in total. The van der Waals surface area contributed by atoms with E-state index in [1.54, 1.807) is 19.4 Å². The molecule has 3 N–H and O–H groups in total. The molecule has 2 aromatic heterocycles. The topological polar surface area (TPSA) is 93.3 Å². The van der Waals surface area contributed by atoms with Gasteiger partial charge in [-0.2, -0.15) is 0 Å². The number of para-hydroxylation sites is 1. The summed E-state index contributed by atoms with van der Waals surface area (Å²) in [7, 11) is 1.74. The van der Waals surface area contributed by atoms with Gasteiger partial charge in [0.15, 0.2) is 0 Å². The van der Waals surface area contributed by atoms with E-state index in [0.29, 0.717) is 18.8 Å². The van der Waals surface area contributed by atoms with Gasteiger partial charge in [0, 0.05) is 75.2 Å². The van der Waals surface area contributed by atoms with Gasteiger partial charge in [-0.05, 0) is 66.0 Å². The third-order valence-electron chi connectivity index (χ3n) is 7.76. The van der Waals surface area contributed by atoms with E-state index >= 15 is 0 Å². The van der Waals surface area contributed by atoms with Crippen molar-refractivity contribution in [2.45, 2.75) is 50.6 Å². The normalized spacial score (nSPS) is 16.5. The second kappa shape index (κ2) is 12.5. The van der Waals surface area contributed by atoms with Gasteiger partial charge in [-0.25, -0.2) is 0 Å². The lowest BCUT2D eigenvalue weighted by Gasteiger charge is -2.34. The lowest BCUT2D eigenvalue weighted by Crippen LogP contribution is -2.42. The van der Waals surface area contributed by atoms with Crippen LogP contribution >= 0.6 is 0 Å². The molecule has 0 radical (unpaired) electrons. The summed E-state index contributed by atoms with van der Waals surface area (Å²) in [6.07, 6.45) is 5.65. The van der Waals surface area contributed by atoms with E-state index in [1.807, 2.05) is 35.2 Å². The molecule has 204 valence electrons. The third kappa shape index (κ3) is 6.49. The van der Waals surface area contributed by atoms with Crippen molar-refractivity contribution in [3.63, 3.8) is 0 Å². The Morgan fingerprint density at radius 2 is 1.92 bits per heavy atom. The summed E-state index contributed by atoms with van der Waals surface area (Å²) in [5.41, 5.74) is 11.8. The Hall–Kier alpha value is -3.68. The van der Waals surface area contributed by atoms with E-state index in [2.05, 4.69) is 39.9 Å². The fraction of sp³-hybridized carbons (Fsp3) is 0.375. The van der Waals surface area contributed by atoms with Crippen LogP contribution in [-0.2, 0) is 22.5 Å². The highest BCUT2D eigenvalue weighted by Gasteiger charge is 2.28. The summed E-state index contributed by atoms with van der Waals surface area (Å²) in [5.74, 6) is 0.445. The number of hydrogen-bond donors (Lipinski definition) is 2. The van der Waals surface area contributed by atoms with Crippen LogP contribution in [0.1, 0.15) is 42.9 Å². The van der Waals surface area contributed by atoms with Crippen molar-refractivity contribution in [2.24, 2.45) is 5.73 Å². The molecule has 5 rings (SSSR count). The number of piperidine rings is 1. The zero-order valence-corrected chi connectivity index (χ0v) is 22.6. The number of likely N-dealkylation sites (tertiary alicyclic amines) is 1. The maximum atomic E-state index is 13.3. The zero-order valence-electron chi connectivity index (χ0n) is 22.6. The number of carbonyl (C=O) groups excluding carboxylic acids is 1. The largest absolute Gasteiger partial charge is 0.385 e. The number of aromatic amines is 1. The molecule has 7 heteroatoms. The lowest BCUT2D eigenvalue weighted by atomic mass is 9.93. The first kappa shape index (κ1) is 26.9. The molecular formula is C32H38N4O3. The van der Waals surface area contributed by atoms with Crippen molar-refractivity contribution in [2.75, 3.05) is 26.8 Å². The summed E-state index contributed by atoms with van der Waals surface area (Å²) in [4.78, 5) is 29.6. The number of fused-ring (bicyclic) bond motifs is 1. The van der Waals surface area contributed by atoms with E-state index in [-0.39, 0.29) is 17.5 Å². The second-order valence-corrected chi connectivity index (χ2v) is 10.6. The molecule has 2 aromatic carbocycles. The number of ether oxygens (including phenoxy) is 1. The van der Waals surface area contributed by atoms with Crippen molar-refractivity contribution in [3.05, 3.63) is 94.5 Å². The van der Waals surface area contributed by atoms with Gasteiger partial charge in [-0.1, -0.05) is 42.5 Å². The number of amides is 1. The van der Waals surface area contributed by atoms with Crippen molar-refractivity contribution in [1.29, 1.82) is 0 Å².